The molecule has 0 rings (SSSR count). The van der Waals surface area contributed by atoms with Crippen LogP contribution in [0.25, 0.3) is 0 Å². The molecule has 2 nitrogen and oxygen atoms in total. The average Bonchev–Trinajstić information content (AvgIpc) is 2.46. The van der Waals surface area contributed by atoms with E-state index in [9.17, 15) is 0 Å². The van der Waals surface area contributed by atoms with E-state index in [1.165, 1.54) is 0 Å². The number of halogens is 6. The Morgan fingerprint density at radius 2 is 1.00 bits per heavy atom. The first-order valence-corrected chi connectivity index (χ1v) is 10.4. The quantitative estimate of drug-likeness (QED) is 0.219. The normalized spacial score (nSPS) is 16.9. The average molecular weight is 493 g/mol. The number of hydrogen-bond acceptors (Lipinski definition) is 4. The SMILES string of the molecule is CCC(C)(C#CC#CC(C)(CC)OSC(Cl)(Cl)Cl)OSC(Cl)(Cl)Cl. The van der Waals surface area contributed by atoms with Gasteiger partial charge in [0, 0.05) is 0 Å². The van der Waals surface area contributed by atoms with Crippen LogP contribution in [0.3, 0.4) is 0 Å². The van der Waals surface area contributed by atoms with E-state index in [1.54, 1.807) is 13.8 Å². The fourth-order valence-electron chi connectivity index (χ4n) is 0.942. The Labute approximate surface area is 182 Å². The lowest BCUT2D eigenvalue weighted by molar-refractivity contribution is 0.180. The zero-order chi connectivity index (χ0) is 19.1. The molecule has 0 N–H and O–H groups in total. The highest BCUT2D eigenvalue weighted by Gasteiger charge is 2.30. The van der Waals surface area contributed by atoms with Crippen molar-refractivity contribution in [1.82, 2.24) is 0 Å². The minimum absolute atomic E-state index is 0.583. The van der Waals surface area contributed by atoms with Crippen LogP contribution >= 0.6 is 93.7 Å². The summed E-state index contributed by atoms with van der Waals surface area (Å²) in [6.45, 7) is 7.36. The molecule has 0 aliphatic rings. The molecule has 0 aliphatic heterocycles. The molecule has 0 aromatic carbocycles. The third-order valence-corrected chi connectivity index (χ3v) is 5.12. The second-order valence-electron chi connectivity index (χ2n) is 4.89. The van der Waals surface area contributed by atoms with E-state index in [0.29, 0.717) is 12.8 Å². The van der Waals surface area contributed by atoms with Crippen LogP contribution in [-0.4, -0.2) is 17.5 Å². The number of alkyl halides is 6. The highest BCUT2D eigenvalue weighted by molar-refractivity contribution is 8.00. The molecule has 0 fully saturated rings. The van der Waals surface area contributed by atoms with Gasteiger partial charge in [-0.2, -0.15) is 0 Å². The van der Waals surface area contributed by atoms with Crippen LogP contribution in [0.5, 0.6) is 0 Å². The summed E-state index contributed by atoms with van der Waals surface area (Å²) >= 11 is 35.3. The maximum absolute atomic E-state index is 5.65. The van der Waals surface area contributed by atoms with Gasteiger partial charge in [0.1, 0.15) is 11.2 Å². The first-order valence-electron chi connectivity index (χ1n) is 6.66. The van der Waals surface area contributed by atoms with Crippen molar-refractivity contribution in [2.75, 3.05) is 0 Å². The van der Waals surface area contributed by atoms with E-state index in [4.69, 9.17) is 78.0 Å². The second kappa shape index (κ2) is 10.7. The summed E-state index contributed by atoms with van der Waals surface area (Å²) in [5.41, 5.74) is -1.61. The van der Waals surface area contributed by atoms with Gasteiger partial charge in [0.2, 0.25) is 0 Å². The molecule has 2 atom stereocenters. The molecular weight excluding hydrogens is 477 g/mol. The smallest absolute Gasteiger partial charge is 0.262 e. The van der Waals surface area contributed by atoms with Gasteiger partial charge in [0.05, 0.1) is 24.1 Å². The molecule has 0 spiro atoms. The molecule has 10 heteroatoms. The highest BCUT2D eigenvalue weighted by Crippen LogP contribution is 2.43. The lowest BCUT2D eigenvalue weighted by atomic mass is 10.0. The van der Waals surface area contributed by atoms with Gasteiger partial charge in [-0.1, -0.05) is 95.3 Å². The first-order chi connectivity index (χ1) is 10.7. The van der Waals surface area contributed by atoms with Crippen LogP contribution < -0.4 is 0 Å². The fraction of sp³-hybridized carbons (Fsp3) is 0.714. The zero-order valence-corrected chi connectivity index (χ0v) is 19.5. The monoisotopic (exact) mass is 490 g/mol. The molecule has 0 aliphatic carbocycles. The van der Waals surface area contributed by atoms with Crippen LogP contribution in [0, 0.1) is 23.7 Å². The first kappa shape index (κ1) is 25.5. The predicted octanol–water partition coefficient (Wildman–Crippen LogP) is 7.32. The standard InChI is InChI=1S/C14H16Cl6O2S2/c1-5-11(3,21-23-13(15,16)17)9-7-8-10-12(4,6-2)22-24-14(18,19)20/h5-6H2,1-4H3. The van der Waals surface area contributed by atoms with Crippen molar-refractivity contribution in [2.45, 2.75) is 58.0 Å². The fourth-order valence-corrected chi connectivity index (χ4v) is 2.38. The van der Waals surface area contributed by atoms with E-state index < -0.39 is 17.5 Å². The van der Waals surface area contributed by atoms with Crippen molar-refractivity contribution < 1.29 is 8.37 Å². The molecular formula is C14H16Cl6O2S2. The molecule has 0 amide bonds. The van der Waals surface area contributed by atoms with Crippen LogP contribution in [-0.2, 0) is 8.37 Å². The molecule has 0 aromatic rings. The Morgan fingerprint density at radius 3 is 1.21 bits per heavy atom. The number of rotatable bonds is 6. The van der Waals surface area contributed by atoms with Gasteiger partial charge in [-0.15, -0.1) is 0 Å². The Bertz CT molecular complexity index is 478. The molecule has 0 aromatic heterocycles. The molecule has 0 heterocycles. The summed E-state index contributed by atoms with van der Waals surface area (Å²) in [5, 5.41) is 0. The Morgan fingerprint density at radius 1 is 0.708 bits per heavy atom. The Kier molecular flexibility index (Phi) is 11.4. The van der Waals surface area contributed by atoms with Crippen LogP contribution in [0.1, 0.15) is 40.5 Å². The molecule has 0 saturated carbocycles. The van der Waals surface area contributed by atoms with E-state index in [1.807, 2.05) is 13.8 Å². The van der Waals surface area contributed by atoms with Gasteiger partial charge in [-0.3, -0.25) is 8.37 Å². The molecule has 2 unspecified atom stereocenters. The van der Waals surface area contributed by atoms with E-state index in [-0.39, 0.29) is 0 Å². The van der Waals surface area contributed by atoms with Crippen molar-refractivity contribution in [3.8, 4) is 23.7 Å². The van der Waals surface area contributed by atoms with Crippen LogP contribution in [0.4, 0.5) is 0 Å². The third-order valence-electron chi connectivity index (χ3n) is 2.71. The molecule has 24 heavy (non-hydrogen) atoms. The maximum Gasteiger partial charge on any atom is 0.262 e. The van der Waals surface area contributed by atoms with Gasteiger partial charge in [-0.25, -0.2) is 0 Å². The van der Waals surface area contributed by atoms with Crippen molar-refractivity contribution in [2.24, 2.45) is 0 Å². The molecule has 0 bridgehead atoms. The molecule has 0 radical (unpaired) electrons. The van der Waals surface area contributed by atoms with Crippen molar-refractivity contribution >= 4 is 93.7 Å². The van der Waals surface area contributed by atoms with Gasteiger partial charge in [0.15, 0.2) is 0 Å². The van der Waals surface area contributed by atoms with Crippen LogP contribution in [0.2, 0.25) is 0 Å². The second-order valence-corrected chi connectivity index (χ2v) is 12.7. The number of hydrogen-bond donors (Lipinski definition) is 0. The highest BCUT2D eigenvalue weighted by atomic mass is 35.6. The summed E-state index contributed by atoms with van der Waals surface area (Å²) in [6.07, 6.45) is 1.17. The van der Waals surface area contributed by atoms with E-state index in [2.05, 4.69) is 23.7 Å². The summed E-state index contributed by atoms with van der Waals surface area (Å²) in [4.78, 5) is 0. The molecule has 0 saturated heterocycles. The van der Waals surface area contributed by atoms with Crippen molar-refractivity contribution in [3.63, 3.8) is 0 Å². The summed E-state index contributed by atoms with van der Waals surface area (Å²) in [5.74, 6) is 11.3. The minimum Gasteiger partial charge on any atom is -0.292 e. The minimum atomic E-state index is -1.58. The summed E-state index contributed by atoms with van der Waals surface area (Å²) < 4.78 is 7.82. The summed E-state index contributed by atoms with van der Waals surface area (Å²) in [7, 11) is 0. The van der Waals surface area contributed by atoms with Gasteiger partial charge in [0.25, 0.3) is 6.25 Å². The van der Waals surface area contributed by atoms with Gasteiger partial charge >= 0.3 is 0 Å². The van der Waals surface area contributed by atoms with Crippen LogP contribution in [0.15, 0.2) is 0 Å². The zero-order valence-electron chi connectivity index (χ0n) is 13.3. The molecule has 138 valence electrons. The van der Waals surface area contributed by atoms with Crippen molar-refractivity contribution in [1.29, 1.82) is 0 Å². The van der Waals surface area contributed by atoms with E-state index >= 15 is 0 Å². The van der Waals surface area contributed by atoms with Gasteiger partial charge < -0.3 is 0 Å². The Balaban J connectivity index is 4.97. The third kappa shape index (κ3) is 12.8. The summed E-state index contributed by atoms with van der Waals surface area (Å²) in [6, 6.07) is 0. The topological polar surface area (TPSA) is 18.5 Å². The largest absolute Gasteiger partial charge is 0.292 e. The van der Waals surface area contributed by atoms with Gasteiger partial charge in [-0.05, 0) is 38.5 Å². The predicted molar refractivity (Wildman–Crippen MR) is 111 cm³/mol. The van der Waals surface area contributed by atoms with E-state index in [0.717, 1.165) is 24.1 Å². The lowest BCUT2D eigenvalue weighted by Crippen LogP contribution is -2.24. The Hall–Kier alpha value is 1.48. The maximum atomic E-state index is 5.65. The lowest BCUT2D eigenvalue weighted by Gasteiger charge is -2.23. The van der Waals surface area contributed by atoms with Crippen molar-refractivity contribution in [3.05, 3.63) is 0 Å².